The molecule has 2 aromatic carbocycles. The van der Waals surface area contributed by atoms with Crippen molar-refractivity contribution in [1.29, 1.82) is 0 Å². The molecule has 0 aliphatic carbocycles. The number of aromatic amines is 1. The lowest BCUT2D eigenvalue weighted by Crippen LogP contribution is -1.95. The Bertz CT molecular complexity index is 851. The van der Waals surface area contributed by atoms with E-state index in [0.717, 1.165) is 23.1 Å². The summed E-state index contributed by atoms with van der Waals surface area (Å²) in [6.07, 6.45) is 0.948. The van der Waals surface area contributed by atoms with Gasteiger partial charge >= 0.3 is 0 Å². The van der Waals surface area contributed by atoms with Crippen molar-refractivity contribution in [2.75, 3.05) is 0 Å². The molecule has 0 spiro atoms. The minimum Gasteiger partial charge on any atom is -0.330 e. The van der Waals surface area contributed by atoms with Crippen LogP contribution in [-0.2, 0) is 6.42 Å². The Morgan fingerprint density at radius 1 is 1.30 bits per heavy atom. The predicted molar refractivity (Wildman–Crippen MR) is 85.5 cm³/mol. The van der Waals surface area contributed by atoms with Gasteiger partial charge in [0.2, 0.25) is 0 Å². The van der Waals surface area contributed by atoms with Gasteiger partial charge in [0.25, 0.3) is 0 Å². The third kappa shape index (κ3) is 2.21. The summed E-state index contributed by atoms with van der Waals surface area (Å²) in [6, 6.07) is 11.3. The van der Waals surface area contributed by atoms with Gasteiger partial charge in [0.15, 0.2) is 4.77 Å². The number of hydrogen-bond acceptors (Lipinski definition) is 1. The number of halogens is 2. The van der Waals surface area contributed by atoms with Crippen molar-refractivity contribution >= 4 is 39.2 Å². The molecule has 1 aromatic heterocycles. The standard InChI is InChI=1S/C15H12BrFN2S/c1-2-9-4-3-5-10(6-9)19-14-8-12(17)11(16)7-13(14)18-15(19)20/h3-8H,2H2,1H3,(H,18,20). The van der Waals surface area contributed by atoms with Gasteiger partial charge in [0.1, 0.15) is 5.82 Å². The van der Waals surface area contributed by atoms with Crippen LogP contribution in [0.1, 0.15) is 12.5 Å². The van der Waals surface area contributed by atoms with Gasteiger partial charge in [-0.15, -0.1) is 0 Å². The van der Waals surface area contributed by atoms with E-state index in [9.17, 15) is 4.39 Å². The lowest BCUT2D eigenvalue weighted by molar-refractivity contribution is 0.622. The van der Waals surface area contributed by atoms with Gasteiger partial charge in [0, 0.05) is 11.8 Å². The zero-order chi connectivity index (χ0) is 14.3. The molecule has 0 fully saturated rings. The summed E-state index contributed by atoms with van der Waals surface area (Å²) in [5.41, 5.74) is 3.72. The molecule has 5 heteroatoms. The Kier molecular flexibility index (Phi) is 3.48. The predicted octanol–water partition coefficient (Wildman–Crippen LogP) is 5.15. The first-order chi connectivity index (χ1) is 9.60. The SMILES string of the molecule is CCc1cccc(-n2c(=S)[nH]c3cc(Br)c(F)cc32)c1. The molecule has 0 unspecified atom stereocenters. The van der Waals surface area contributed by atoms with Crippen LogP contribution in [-0.4, -0.2) is 9.55 Å². The first kappa shape index (κ1) is 13.5. The minimum atomic E-state index is -0.299. The van der Waals surface area contributed by atoms with Crippen LogP contribution in [0.5, 0.6) is 0 Å². The number of nitrogens with zero attached hydrogens (tertiary/aromatic N) is 1. The van der Waals surface area contributed by atoms with Crippen LogP contribution in [0.2, 0.25) is 0 Å². The quantitative estimate of drug-likeness (QED) is 0.633. The molecule has 20 heavy (non-hydrogen) atoms. The van der Waals surface area contributed by atoms with Crippen LogP contribution in [0.25, 0.3) is 16.7 Å². The van der Waals surface area contributed by atoms with E-state index in [1.165, 1.54) is 11.6 Å². The second-order valence-electron chi connectivity index (χ2n) is 4.57. The van der Waals surface area contributed by atoms with E-state index in [4.69, 9.17) is 12.2 Å². The first-order valence-corrected chi connectivity index (χ1v) is 7.49. The number of aryl methyl sites for hydroxylation is 1. The monoisotopic (exact) mass is 350 g/mol. The fourth-order valence-electron chi connectivity index (χ4n) is 2.27. The topological polar surface area (TPSA) is 20.7 Å². The fraction of sp³-hybridized carbons (Fsp3) is 0.133. The molecule has 0 saturated heterocycles. The van der Waals surface area contributed by atoms with Gasteiger partial charge in [0.05, 0.1) is 15.5 Å². The van der Waals surface area contributed by atoms with E-state index in [1.54, 1.807) is 6.07 Å². The number of fused-ring (bicyclic) bond motifs is 1. The smallest absolute Gasteiger partial charge is 0.182 e. The number of H-pyrrole nitrogens is 1. The minimum absolute atomic E-state index is 0.299. The van der Waals surface area contributed by atoms with Crippen LogP contribution in [0, 0.1) is 10.6 Å². The third-order valence-electron chi connectivity index (χ3n) is 3.30. The maximum atomic E-state index is 13.8. The van der Waals surface area contributed by atoms with Gasteiger partial charge < -0.3 is 4.98 Å². The van der Waals surface area contributed by atoms with Crippen molar-refractivity contribution in [2.45, 2.75) is 13.3 Å². The number of benzene rings is 2. The molecule has 0 aliphatic heterocycles. The Labute approximate surface area is 129 Å². The van der Waals surface area contributed by atoms with Crippen molar-refractivity contribution in [3.05, 3.63) is 57.0 Å². The highest BCUT2D eigenvalue weighted by Gasteiger charge is 2.10. The summed E-state index contributed by atoms with van der Waals surface area (Å²) in [5, 5.41) is 0. The summed E-state index contributed by atoms with van der Waals surface area (Å²) in [5.74, 6) is -0.299. The molecule has 3 aromatic rings. The first-order valence-electron chi connectivity index (χ1n) is 6.29. The molecule has 0 atom stereocenters. The Morgan fingerprint density at radius 3 is 2.85 bits per heavy atom. The lowest BCUT2D eigenvalue weighted by Gasteiger charge is -2.07. The number of imidazole rings is 1. The molecular weight excluding hydrogens is 339 g/mol. The van der Waals surface area contributed by atoms with Crippen LogP contribution in [0.4, 0.5) is 4.39 Å². The molecular formula is C15H12BrFN2S. The van der Waals surface area contributed by atoms with Crippen molar-refractivity contribution in [1.82, 2.24) is 9.55 Å². The second-order valence-corrected chi connectivity index (χ2v) is 5.81. The van der Waals surface area contributed by atoms with Crippen LogP contribution < -0.4 is 0 Å². The molecule has 1 heterocycles. The molecule has 0 bridgehead atoms. The summed E-state index contributed by atoms with van der Waals surface area (Å²) >= 11 is 8.56. The number of aromatic nitrogens is 2. The summed E-state index contributed by atoms with van der Waals surface area (Å²) < 4.78 is 16.6. The lowest BCUT2D eigenvalue weighted by atomic mass is 10.1. The molecule has 0 aliphatic rings. The molecule has 1 N–H and O–H groups in total. The van der Waals surface area contributed by atoms with Crippen molar-refractivity contribution in [3.63, 3.8) is 0 Å². The van der Waals surface area contributed by atoms with Gasteiger partial charge in [-0.25, -0.2) is 4.39 Å². The van der Waals surface area contributed by atoms with Gasteiger partial charge in [-0.2, -0.15) is 0 Å². The summed E-state index contributed by atoms with van der Waals surface area (Å²) in [4.78, 5) is 3.11. The number of nitrogens with one attached hydrogen (secondary N) is 1. The van der Waals surface area contributed by atoms with E-state index in [1.807, 2.05) is 16.7 Å². The van der Waals surface area contributed by atoms with E-state index in [2.05, 4.69) is 40.0 Å². The summed E-state index contributed by atoms with van der Waals surface area (Å²) in [6.45, 7) is 2.10. The number of hydrogen-bond donors (Lipinski definition) is 1. The highest BCUT2D eigenvalue weighted by molar-refractivity contribution is 9.10. The van der Waals surface area contributed by atoms with Crippen LogP contribution >= 0.6 is 28.1 Å². The molecule has 3 rings (SSSR count). The zero-order valence-corrected chi connectivity index (χ0v) is 13.2. The molecule has 2 nitrogen and oxygen atoms in total. The highest BCUT2D eigenvalue weighted by atomic mass is 79.9. The van der Waals surface area contributed by atoms with Crippen LogP contribution in [0.15, 0.2) is 40.9 Å². The van der Waals surface area contributed by atoms with E-state index in [-0.39, 0.29) is 5.82 Å². The highest BCUT2D eigenvalue weighted by Crippen LogP contribution is 2.26. The third-order valence-corrected chi connectivity index (χ3v) is 4.19. The fourth-order valence-corrected chi connectivity index (χ4v) is 2.93. The van der Waals surface area contributed by atoms with Crippen molar-refractivity contribution in [3.8, 4) is 5.69 Å². The summed E-state index contributed by atoms with van der Waals surface area (Å²) in [7, 11) is 0. The average molecular weight is 351 g/mol. The van der Waals surface area contributed by atoms with Crippen LogP contribution in [0.3, 0.4) is 0 Å². The van der Waals surface area contributed by atoms with E-state index >= 15 is 0 Å². The maximum Gasteiger partial charge on any atom is 0.182 e. The molecule has 0 saturated carbocycles. The molecule has 0 amide bonds. The normalized spacial score (nSPS) is 11.2. The Morgan fingerprint density at radius 2 is 2.10 bits per heavy atom. The zero-order valence-electron chi connectivity index (χ0n) is 10.8. The molecule has 0 radical (unpaired) electrons. The Balaban J connectivity index is 2.32. The van der Waals surface area contributed by atoms with Crippen molar-refractivity contribution < 1.29 is 4.39 Å². The maximum absolute atomic E-state index is 13.8. The Hall–Kier alpha value is -1.46. The largest absolute Gasteiger partial charge is 0.330 e. The van der Waals surface area contributed by atoms with Gasteiger partial charge in [-0.1, -0.05) is 19.1 Å². The van der Waals surface area contributed by atoms with Gasteiger partial charge in [-0.05, 0) is 58.3 Å². The van der Waals surface area contributed by atoms with E-state index < -0.39 is 0 Å². The molecule has 102 valence electrons. The van der Waals surface area contributed by atoms with E-state index in [0.29, 0.717) is 9.24 Å². The average Bonchev–Trinajstić information content (AvgIpc) is 2.74. The number of rotatable bonds is 2. The van der Waals surface area contributed by atoms with Gasteiger partial charge in [-0.3, -0.25) is 4.57 Å². The second kappa shape index (κ2) is 5.14. The van der Waals surface area contributed by atoms with Crippen molar-refractivity contribution in [2.24, 2.45) is 0 Å².